The van der Waals surface area contributed by atoms with Crippen LogP contribution in [0, 0.1) is 17.8 Å². The first-order chi connectivity index (χ1) is 5.68. The third kappa shape index (κ3) is 1.52. The molecule has 2 fully saturated rings. The quantitative estimate of drug-likeness (QED) is 0.542. The Hall–Kier alpha value is -0.0400. The van der Waals surface area contributed by atoms with Crippen LogP contribution in [0.3, 0.4) is 0 Å². The lowest BCUT2D eigenvalue weighted by Crippen LogP contribution is -2.24. The van der Waals surface area contributed by atoms with E-state index in [2.05, 4.69) is 25.7 Å². The fourth-order valence-electron chi connectivity index (χ4n) is 2.71. The third-order valence-electron chi connectivity index (χ3n) is 3.82. The molecule has 4 atom stereocenters. The van der Waals surface area contributed by atoms with E-state index in [9.17, 15) is 0 Å². The van der Waals surface area contributed by atoms with Gasteiger partial charge in [-0.15, -0.1) is 0 Å². The van der Waals surface area contributed by atoms with Crippen molar-refractivity contribution in [2.24, 2.45) is 17.8 Å². The lowest BCUT2D eigenvalue weighted by atomic mass is 9.82. The number of hydrogen-bond donors (Lipinski definition) is 0. The van der Waals surface area contributed by atoms with Crippen LogP contribution in [0.25, 0.3) is 0 Å². The van der Waals surface area contributed by atoms with E-state index in [-0.39, 0.29) is 0 Å². The summed E-state index contributed by atoms with van der Waals surface area (Å²) in [5.41, 5.74) is 0. The molecule has 2 heterocycles. The normalized spacial score (nSPS) is 47.0. The van der Waals surface area contributed by atoms with Crippen LogP contribution in [0.5, 0.6) is 0 Å². The van der Waals surface area contributed by atoms with E-state index in [0.717, 1.165) is 23.8 Å². The van der Waals surface area contributed by atoms with Crippen LogP contribution in [0.2, 0.25) is 0 Å². The first-order valence-corrected chi connectivity index (χ1v) is 5.42. The van der Waals surface area contributed by atoms with Crippen LogP contribution >= 0.6 is 0 Å². The maximum Gasteiger partial charge on any atom is 0.0224 e. The molecule has 12 heavy (non-hydrogen) atoms. The van der Waals surface area contributed by atoms with E-state index in [4.69, 9.17) is 0 Å². The molecular weight excluding hydrogens is 146 g/mol. The van der Waals surface area contributed by atoms with Crippen LogP contribution in [0.15, 0.2) is 0 Å². The average Bonchev–Trinajstić information content (AvgIpc) is 2.72. The standard InChI is InChI=1S/C11H21N/c1-8(2)11-7-12-6-10(12)5-4-9(11)3/h8-11H,4-7H2,1-3H3. The Morgan fingerprint density at radius 2 is 1.92 bits per heavy atom. The highest BCUT2D eigenvalue weighted by Crippen LogP contribution is 2.36. The van der Waals surface area contributed by atoms with Gasteiger partial charge in [-0.1, -0.05) is 20.8 Å². The van der Waals surface area contributed by atoms with E-state index in [0.29, 0.717) is 0 Å². The van der Waals surface area contributed by atoms with E-state index in [1.165, 1.54) is 25.9 Å². The Morgan fingerprint density at radius 3 is 2.58 bits per heavy atom. The van der Waals surface area contributed by atoms with Gasteiger partial charge in [0.15, 0.2) is 0 Å². The molecular formula is C11H21N. The van der Waals surface area contributed by atoms with Crippen molar-refractivity contribution in [3.63, 3.8) is 0 Å². The fraction of sp³-hybridized carbons (Fsp3) is 1.00. The second-order valence-electron chi connectivity index (χ2n) is 5.07. The predicted octanol–water partition coefficient (Wildman–Crippen LogP) is 2.37. The van der Waals surface area contributed by atoms with Crippen LogP contribution in [-0.4, -0.2) is 24.0 Å². The minimum absolute atomic E-state index is 0.874. The minimum atomic E-state index is 0.874. The van der Waals surface area contributed by atoms with Gasteiger partial charge in [-0.05, 0) is 30.6 Å². The largest absolute Gasteiger partial charge is 0.297 e. The van der Waals surface area contributed by atoms with Crippen molar-refractivity contribution < 1.29 is 0 Å². The number of rotatable bonds is 1. The first-order valence-electron chi connectivity index (χ1n) is 5.42. The summed E-state index contributed by atoms with van der Waals surface area (Å²) in [7, 11) is 0. The van der Waals surface area contributed by atoms with Gasteiger partial charge in [0.25, 0.3) is 0 Å². The van der Waals surface area contributed by atoms with Crippen molar-refractivity contribution in [2.75, 3.05) is 13.1 Å². The molecule has 1 heteroatoms. The maximum absolute atomic E-state index is 2.66. The van der Waals surface area contributed by atoms with E-state index >= 15 is 0 Å². The van der Waals surface area contributed by atoms with Crippen LogP contribution in [0.4, 0.5) is 0 Å². The Labute approximate surface area is 76.1 Å². The molecule has 0 N–H and O–H groups in total. The van der Waals surface area contributed by atoms with Crippen molar-refractivity contribution >= 4 is 0 Å². The van der Waals surface area contributed by atoms with E-state index < -0.39 is 0 Å². The lowest BCUT2D eigenvalue weighted by Gasteiger charge is -2.26. The van der Waals surface area contributed by atoms with E-state index in [1.807, 2.05) is 0 Å². The topological polar surface area (TPSA) is 3.01 Å². The van der Waals surface area contributed by atoms with Gasteiger partial charge < -0.3 is 0 Å². The summed E-state index contributed by atoms with van der Waals surface area (Å²) in [6, 6.07) is 0.983. The summed E-state index contributed by atoms with van der Waals surface area (Å²) < 4.78 is 0. The molecule has 2 aliphatic rings. The average molecular weight is 167 g/mol. The van der Waals surface area contributed by atoms with Crippen molar-refractivity contribution in [2.45, 2.75) is 39.7 Å². The number of fused-ring (bicyclic) bond motifs is 1. The monoisotopic (exact) mass is 167 g/mol. The zero-order chi connectivity index (χ0) is 8.72. The molecule has 2 aliphatic heterocycles. The van der Waals surface area contributed by atoms with Crippen LogP contribution < -0.4 is 0 Å². The van der Waals surface area contributed by atoms with Gasteiger partial charge in [-0.25, -0.2) is 0 Å². The van der Waals surface area contributed by atoms with Gasteiger partial charge in [0.2, 0.25) is 0 Å². The number of nitrogens with zero attached hydrogens (tertiary/aromatic N) is 1. The zero-order valence-electron chi connectivity index (χ0n) is 8.59. The third-order valence-corrected chi connectivity index (χ3v) is 3.82. The van der Waals surface area contributed by atoms with Gasteiger partial charge in [0.05, 0.1) is 0 Å². The highest BCUT2D eigenvalue weighted by molar-refractivity contribution is 4.94. The second-order valence-corrected chi connectivity index (χ2v) is 5.07. The zero-order valence-corrected chi connectivity index (χ0v) is 8.59. The molecule has 0 aromatic rings. The molecule has 70 valence electrons. The Morgan fingerprint density at radius 1 is 1.17 bits per heavy atom. The Balaban J connectivity index is 1.99. The summed E-state index contributed by atoms with van der Waals surface area (Å²) in [5.74, 6) is 2.79. The first kappa shape index (κ1) is 8.55. The lowest BCUT2D eigenvalue weighted by molar-refractivity contribution is 0.239. The summed E-state index contributed by atoms with van der Waals surface area (Å²) >= 11 is 0. The molecule has 2 rings (SSSR count). The molecule has 0 aromatic carbocycles. The summed E-state index contributed by atoms with van der Waals surface area (Å²) in [4.78, 5) is 2.66. The van der Waals surface area contributed by atoms with E-state index in [1.54, 1.807) is 0 Å². The molecule has 4 unspecified atom stereocenters. The molecule has 0 radical (unpaired) electrons. The molecule has 0 spiro atoms. The highest BCUT2D eigenvalue weighted by atomic mass is 15.3. The van der Waals surface area contributed by atoms with Crippen molar-refractivity contribution in [1.82, 2.24) is 4.90 Å². The van der Waals surface area contributed by atoms with Gasteiger partial charge in [-0.2, -0.15) is 0 Å². The van der Waals surface area contributed by atoms with Crippen molar-refractivity contribution in [3.8, 4) is 0 Å². The van der Waals surface area contributed by atoms with Gasteiger partial charge >= 0.3 is 0 Å². The molecule has 0 bridgehead atoms. The SMILES string of the molecule is CC(C)C1CN2CC2CCC1C. The molecule has 0 aromatic heterocycles. The summed E-state index contributed by atoms with van der Waals surface area (Å²) in [6.45, 7) is 9.98. The van der Waals surface area contributed by atoms with Crippen molar-refractivity contribution in [3.05, 3.63) is 0 Å². The summed E-state index contributed by atoms with van der Waals surface area (Å²) in [6.07, 6.45) is 2.92. The Bertz CT molecular complexity index is 164. The Kier molecular flexibility index (Phi) is 2.16. The fourth-order valence-corrected chi connectivity index (χ4v) is 2.71. The molecule has 0 aliphatic carbocycles. The molecule has 0 saturated carbocycles. The predicted molar refractivity (Wildman–Crippen MR) is 52.1 cm³/mol. The maximum atomic E-state index is 2.66. The number of hydrogen-bond acceptors (Lipinski definition) is 1. The smallest absolute Gasteiger partial charge is 0.0224 e. The van der Waals surface area contributed by atoms with Crippen LogP contribution in [0.1, 0.15) is 33.6 Å². The molecule has 0 amide bonds. The second kappa shape index (κ2) is 3.02. The van der Waals surface area contributed by atoms with Crippen molar-refractivity contribution in [1.29, 1.82) is 0 Å². The van der Waals surface area contributed by atoms with Gasteiger partial charge in [0, 0.05) is 19.1 Å². The van der Waals surface area contributed by atoms with Gasteiger partial charge in [0.1, 0.15) is 0 Å². The molecule has 1 nitrogen and oxygen atoms in total. The van der Waals surface area contributed by atoms with Crippen LogP contribution in [-0.2, 0) is 0 Å². The molecule has 2 saturated heterocycles. The van der Waals surface area contributed by atoms with Gasteiger partial charge in [-0.3, -0.25) is 4.90 Å². The highest BCUT2D eigenvalue weighted by Gasteiger charge is 2.40. The summed E-state index contributed by atoms with van der Waals surface area (Å²) in [5, 5.41) is 0. The minimum Gasteiger partial charge on any atom is -0.297 e.